The highest BCUT2D eigenvalue weighted by atomic mass is 16.3. The number of rotatable bonds is 3. The summed E-state index contributed by atoms with van der Waals surface area (Å²) in [5, 5.41) is 12.8. The Balaban J connectivity index is 1.74. The molecule has 17 heavy (non-hydrogen) atoms. The van der Waals surface area contributed by atoms with Gasteiger partial charge in [-0.15, -0.1) is 0 Å². The summed E-state index contributed by atoms with van der Waals surface area (Å²) in [5.41, 5.74) is 0. The zero-order chi connectivity index (χ0) is 12.1. The molecule has 0 saturated carbocycles. The van der Waals surface area contributed by atoms with E-state index >= 15 is 0 Å². The highest BCUT2D eigenvalue weighted by Crippen LogP contribution is 2.09. The van der Waals surface area contributed by atoms with E-state index < -0.39 is 0 Å². The van der Waals surface area contributed by atoms with Crippen LogP contribution in [0.25, 0.3) is 0 Å². The normalized spacial score (nSPS) is 28.2. The number of nitrogens with zero attached hydrogens (tertiary/aromatic N) is 2. The molecular weight excluding hydrogens is 218 g/mol. The molecule has 2 saturated heterocycles. The Bertz CT molecular complexity index is 260. The summed E-state index contributed by atoms with van der Waals surface area (Å²) >= 11 is 0. The van der Waals surface area contributed by atoms with Crippen molar-refractivity contribution in [3.8, 4) is 0 Å². The lowest BCUT2D eigenvalue weighted by Crippen LogP contribution is -2.44. The number of β-amino-alcohol motifs (C(OH)–C–C–N with tert-alkyl or cyclic N) is 1. The van der Waals surface area contributed by atoms with Crippen LogP contribution in [0.15, 0.2) is 0 Å². The minimum atomic E-state index is -0.176. The predicted octanol–water partition coefficient (Wildman–Crippen LogP) is -0.735. The van der Waals surface area contributed by atoms with E-state index in [-0.39, 0.29) is 12.0 Å². The molecule has 5 nitrogen and oxygen atoms in total. The van der Waals surface area contributed by atoms with Gasteiger partial charge in [-0.2, -0.15) is 0 Å². The van der Waals surface area contributed by atoms with Crippen molar-refractivity contribution in [2.45, 2.75) is 25.4 Å². The molecular formula is C12H23N3O2. The molecule has 98 valence electrons. The van der Waals surface area contributed by atoms with Gasteiger partial charge < -0.3 is 15.3 Å². The number of carbonyl (C=O) groups is 1. The van der Waals surface area contributed by atoms with Gasteiger partial charge in [0, 0.05) is 45.7 Å². The van der Waals surface area contributed by atoms with Gasteiger partial charge in [0.1, 0.15) is 0 Å². The molecule has 2 aliphatic rings. The average Bonchev–Trinajstić information content (AvgIpc) is 2.52. The lowest BCUT2D eigenvalue weighted by Gasteiger charge is -2.32. The van der Waals surface area contributed by atoms with E-state index in [1.54, 1.807) is 0 Å². The molecule has 0 bridgehead atoms. The Hall–Kier alpha value is -0.650. The molecule has 0 aromatic heterocycles. The molecule has 0 aromatic carbocycles. The second-order valence-electron chi connectivity index (χ2n) is 4.98. The first-order chi connectivity index (χ1) is 8.25. The Labute approximate surface area is 103 Å². The molecule has 0 spiro atoms. The third-order valence-electron chi connectivity index (χ3n) is 3.59. The van der Waals surface area contributed by atoms with Gasteiger partial charge in [-0.3, -0.25) is 9.69 Å². The van der Waals surface area contributed by atoms with Gasteiger partial charge in [0.2, 0.25) is 5.91 Å². The lowest BCUT2D eigenvalue weighted by molar-refractivity contribution is -0.130. The number of hydrogen-bond donors (Lipinski definition) is 2. The molecule has 1 amide bonds. The Morgan fingerprint density at radius 2 is 2.18 bits per heavy atom. The van der Waals surface area contributed by atoms with Gasteiger partial charge in [0.15, 0.2) is 0 Å². The molecule has 0 aliphatic carbocycles. The van der Waals surface area contributed by atoms with Crippen LogP contribution >= 0.6 is 0 Å². The number of amides is 1. The molecule has 0 unspecified atom stereocenters. The molecule has 2 rings (SSSR count). The van der Waals surface area contributed by atoms with Crippen molar-refractivity contribution in [3.63, 3.8) is 0 Å². The van der Waals surface area contributed by atoms with Gasteiger partial charge in [0.05, 0.1) is 6.10 Å². The first-order valence-electron chi connectivity index (χ1n) is 6.64. The summed E-state index contributed by atoms with van der Waals surface area (Å²) < 4.78 is 0. The fraction of sp³-hybridized carbons (Fsp3) is 0.917. The van der Waals surface area contributed by atoms with Crippen molar-refractivity contribution in [1.29, 1.82) is 0 Å². The molecule has 2 heterocycles. The van der Waals surface area contributed by atoms with E-state index in [2.05, 4.69) is 10.2 Å². The first-order valence-corrected chi connectivity index (χ1v) is 6.64. The van der Waals surface area contributed by atoms with E-state index in [1.165, 1.54) is 0 Å². The van der Waals surface area contributed by atoms with Crippen molar-refractivity contribution >= 4 is 5.91 Å². The zero-order valence-corrected chi connectivity index (χ0v) is 10.4. The predicted molar refractivity (Wildman–Crippen MR) is 65.7 cm³/mol. The first kappa shape index (κ1) is 12.8. The molecule has 2 fully saturated rings. The number of likely N-dealkylation sites (tertiary alicyclic amines) is 1. The van der Waals surface area contributed by atoms with Crippen molar-refractivity contribution in [2.24, 2.45) is 0 Å². The van der Waals surface area contributed by atoms with Crippen molar-refractivity contribution in [1.82, 2.24) is 15.1 Å². The summed E-state index contributed by atoms with van der Waals surface area (Å²) in [7, 11) is 0. The fourth-order valence-electron chi connectivity index (χ4n) is 2.55. The summed E-state index contributed by atoms with van der Waals surface area (Å²) in [4.78, 5) is 16.0. The Kier molecular flexibility index (Phi) is 4.76. The van der Waals surface area contributed by atoms with Crippen LogP contribution in [-0.4, -0.2) is 72.7 Å². The second kappa shape index (κ2) is 6.33. The van der Waals surface area contributed by atoms with E-state index in [0.717, 1.165) is 58.7 Å². The summed E-state index contributed by atoms with van der Waals surface area (Å²) in [5.74, 6) is 0.257. The van der Waals surface area contributed by atoms with E-state index in [1.807, 2.05) is 4.90 Å². The zero-order valence-electron chi connectivity index (χ0n) is 10.4. The SMILES string of the molecule is O=C1CCNCCN1CCN1CCC[C@H](O)C1. The maximum Gasteiger partial charge on any atom is 0.223 e. The summed E-state index contributed by atoms with van der Waals surface area (Å²) in [6.07, 6.45) is 2.42. The van der Waals surface area contributed by atoms with Crippen molar-refractivity contribution in [2.75, 3.05) is 45.8 Å². The molecule has 2 N–H and O–H groups in total. The molecule has 0 radical (unpaired) electrons. The standard InChI is InChI=1S/C12H23N3O2/c16-11-2-1-6-14(10-11)8-9-15-7-5-13-4-3-12(15)17/h11,13,16H,1-10H2/t11-/m0/s1. The highest BCUT2D eigenvalue weighted by molar-refractivity contribution is 5.76. The van der Waals surface area contributed by atoms with E-state index in [4.69, 9.17) is 0 Å². The number of aliphatic hydroxyl groups is 1. The third kappa shape index (κ3) is 3.94. The number of piperidine rings is 1. The number of carbonyl (C=O) groups excluding carboxylic acids is 1. The van der Waals surface area contributed by atoms with Gasteiger partial charge in [0.25, 0.3) is 0 Å². The van der Waals surface area contributed by atoms with Crippen molar-refractivity contribution < 1.29 is 9.90 Å². The minimum absolute atomic E-state index is 0.176. The Morgan fingerprint density at radius 3 is 3.00 bits per heavy atom. The van der Waals surface area contributed by atoms with Gasteiger partial charge in [-0.25, -0.2) is 0 Å². The topological polar surface area (TPSA) is 55.8 Å². The molecule has 1 atom stereocenters. The minimum Gasteiger partial charge on any atom is -0.392 e. The van der Waals surface area contributed by atoms with Crippen LogP contribution in [0.4, 0.5) is 0 Å². The summed E-state index contributed by atoms with van der Waals surface area (Å²) in [6.45, 7) is 6.02. The highest BCUT2D eigenvalue weighted by Gasteiger charge is 2.20. The van der Waals surface area contributed by atoms with Crippen LogP contribution < -0.4 is 5.32 Å². The number of aliphatic hydroxyl groups excluding tert-OH is 1. The maximum absolute atomic E-state index is 11.8. The van der Waals surface area contributed by atoms with Crippen LogP contribution in [0.1, 0.15) is 19.3 Å². The van der Waals surface area contributed by atoms with E-state index in [0.29, 0.717) is 6.42 Å². The average molecular weight is 241 g/mol. The monoisotopic (exact) mass is 241 g/mol. The van der Waals surface area contributed by atoms with Gasteiger partial charge in [-0.1, -0.05) is 0 Å². The van der Waals surface area contributed by atoms with Crippen LogP contribution in [0.5, 0.6) is 0 Å². The lowest BCUT2D eigenvalue weighted by atomic mass is 10.1. The van der Waals surface area contributed by atoms with Crippen LogP contribution in [0.3, 0.4) is 0 Å². The molecule has 0 aromatic rings. The number of hydrogen-bond acceptors (Lipinski definition) is 4. The van der Waals surface area contributed by atoms with Crippen molar-refractivity contribution in [3.05, 3.63) is 0 Å². The van der Waals surface area contributed by atoms with Crippen LogP contribution in [0.2, 0.25) is 0 Å². The largest absolute Gasteiger partial charge is 0.392 e. The quantitative estimate of drug-likeness (QED) is 0.684. The van der Waals surface area contributed by atoms with Crippen LogP contribution in [0, 0.1) is 0 Å². The maximum atomic E-state index is 11.8. The molecule has 2 aliphatic heterocycles. The van der Waals surface area contributed by atoms with Crippen LogP contribution in [-0.2, 0) is 4.79 Å². The Morgan fingerprint density at radius 1 is 1.29 bits per heavy atom. The fourth-order valence-corrected chi connectivity index (χ4v) is 2.55. The van der Waals surface area contributed by atoms with E-state index in [9.17, 15) is 9.90 Å². The third-order valence-corrected chi connectivity index (χ3v) is 3.59. The van der Waals surface area contributed by atoms with Gasteiger partial charge in [-0.05, 0) is 19.4 Å². The van der Waals surface area contributed by atoms with Gasteiger partial charge >= 0.3 is 0 Å². The number of nitrogens with one attached hydrogen (secondary N) is 1. The molecule has 5 heteroatoms. The summed E-state index contributed by atoms with van der Waals surface area (Å²) in [6, 6.07) is 0. The smallest absolute Gasteiger partial charge is 0.223 e. The second-order valence-corrected chi connectivity index (χ2v) is 4.98.